The van der Waals surface area contributed by atoms with Crippen LogP contribution < -0.4 is 10.1 Å². The Morgan fingerprint density at radius 3 is 2.35 bits per heavy atom. The average molecular weight is 426 g/mol. The Kier molecular flexibility index (Phi) is 5.92. The number of hydrogen-bond donors (Lipinski definition) is 1. The molecule has 1 fully saturated rings. The zero-order chi connectivity index (χ0) is 21.8. The van der Waals surface area contributed by atoms with Crippen LogP contribution in [-0.4, -0.2) is 59.5 Å². The number of pyridine rings is 1. The summed E-state index contributed by atoms with van der Waals surface area (Å²) in [6.45, 7) is -1.37. The zero-order valence-corrected chi connectivity index (χ0v) is 16.5. The third kappa shape index (κ3) is 4.55. The monoisotopic (exact) mass is 426 g/mol. The van der Waals surface area contributed by atoms with Gasteiger partial charge in [-0.15, -0.1) is 0 Å². The highest BCUT2D eigenvalue weighted by Crippen LogP contribution is 2.31. The Balaban J connectivity index is 1.43. The van der Waals surface area contributed by atoms with Crippen LogP contribution >= 0.6 is 0 Å². The molecule has 160 valence electrons. The molecule has 3 amide bonds. The van der Waals surface area contributed by atoms with Crippen molar-refractivity contribution in [3.8, 4) is 5.75 Å². The largest absolute Gasteiger partial charge is 0.432 e. The minimum Gasteiger partial charge on any atom is -0.432 e. The molecule has 0 bridgehead atoms. The summed E-state index contributed by atoms with van der Waals surface area (Å²) in [5, 5.41) is 3.30. The van der Waals surface area contributed by atoms with E-state index in [9.17, 15) is 18.4 Å². The summed E-state index contributed by atoms with van der Waals surface area (Å²) in [5.41, 5.74) is 1.29. The molecular weight excluding hydrogens is 406 g/mol. The number of fused-ring (bicyclic) bond motifs is 1. The number of carbonyl (C=O) groups is 2. The Morgan fingerprint density at radius 1 is 0.935 bits per heavy atom. The number of halogens is 2. The van der Waals surface area contributed by atoms with Crippen LogP contribution in [-0.2, 0) is 0 Å². The number of rotatable bonds is 4. The molecule has 1 aliphatic rings. The molecule has 3 aromatic rings. The fourth-order valence-electron chi connectivity index (χ4n) is 3.52. The minimum atomic E-state index is -2.97. The van der Waals surface area contributed by atoms with E-state index >= 15 is 0 Å². The van der Waals surface area contributed by atoms with Gasteiger partial charge in [-0.25, -0.2) is 4.79 Å². The van der Waals surface area contributed by atoms with Gasteiger partial charge in [-0.3, -0.25) is 9.78 Å². The molecule has 4 rings (SSSR count). The van der Waals surface area contributed by atoms with Gasteiger partial charge in [0.05, 0.1) is 5.69 Å². The molecule has 0 spiro atoms. The summed E-state index contributed by atoms with van der Waals surface area (Å²) in [6, 6.07) is 14.9. The standard InChI is InChI=1S/C22H20F2N4O3/c23-21(24)31-18-9-8-17(16-7-4-10-25-19(16)18)26-22(30)28-13-11-27(12-14-28)20(29)15-5-2-1-3-6-15/h1-10,21H,11-14H2,(H,26,30). The number of piperazine rings is 1. The summed E-state index contributed by atoms with van der Waals surface area (Å²) in [7, 11) is 0. The number of benzene rings is 2. The van der Waals surface area contributed by atoms with Crippen molar-refractivity contribution < 1.29 is 23.1 Å². The van der Waals surface area contributed by atoms with Crippen LogP contribution in [0.4, 0.5) is 19.3 Å². The van der Waals surface area contributed by atoms with Gasteiger partial charge in [0, 0.05) is 43.3 Å². The number of ether oxygens (including phenoxy) is 1. The van der Waals surface area contributed by atoms with Crippen LogP contribution in [0.2, 0.25) is 0 Å². The predicted octanol–water partition coefficient (Wildman–Crippen LogP) is 3.83. The molecule has 0 radical (unpaired) electrons. The van der Waals surface area contributed by atoms with Crippen molar-refractivity contribution in [1.82, 2.24) is 14.8 Å². The maximum atomic E-state index is 12.8. The molecule has 31 heavy (non-hydrogen) atoms. The second-order valence-electron chi connectivity index (χ2n) is 6.96. The fourth-order valence-corrected chi connectivity index (χ4v) is 3.52. The first-order valence-corrected chi connectivity index (χ1v) is 9.76. The van der Waals surface area contributed by atoms with Gasteiger partial charge in [0.1, 0.15) is 5.52 Å². The lowest BCUT2D eigenvalue weighted by Crippen LogP contribution is -2.51. The topological polar surface area (TPSA) is 74.8 Å². The third-order valence-corrected chi connectivity index (χ3v) is 5.07. The van der Waals surface area contributed by atoms with E-state index in [2.05, 4.69) is 15.0 Å². The highest BCUT2D eigenvalue weighted by Gasteiger charge is 2.25. The number of nitrogens with zero attached hydrogens (tertiary/aromatic N) is 3. The lowest BCUT2D eigenvalue weighted by Gasteiger charge is -2.34. The number of urea groups is 1. The first kappa shape index (κ1) is 20.5. The second kappa shape index (κ2) is 8.95. The van der Waals surface area contributed by atoms with Crippen LogP contribution in [0.15, 0.2) is 60.8 Å². The van der Waals surface area contributed by atoms with Crippen LogP contribution in [0.1, 0.15) is 10.4 Å². The Labute approximate surface area is 177 Å². The number of alkyl halides is 2. The Morgan fingerprint density at radius 2 is 1.65 bits per heavy atom. The molecule has 1 saturated heterocycles. The molecule has 0 saturated carbocycles. The van der Waals surface area contributed by atoms with Crippen molar-refractivity contribution >= 4 is 28.5 Å². The normalized spacial score (nSPS) is 14.0. The first-order valence-electron chi connectivity index (χ1n) is 9.76. The quantitative estimate of drug-likeness (QED) is 0.688. The highest BCUT2D eigenvalue weighted by atomic mass is 19.3. The Bertz CT molecular complexity index is 1090. The van der Waals surface area contributed by atoms with Gasteiger partial charge in [-0.05, 0) is 36.4 Å². The highest BCUT2D eigenvalue weighted by molar-refractivity contribution is 6.02. The van der Waals surface area contributed by atoms with Gasteiger partial charge < -0.3 is 19.9 Å². The number of carbonyl (C=O) groups excluding carboxylic acids is 2. The summed E-state index contributed by atoms with van der Waals surface area (Å²) in [4.78, 5) is 32.8. The van der Waals surface area contributed by atoms with E-state index < -0.39 is 6.61 Å². The van der Waals surface area contributed by atoms with Crippen molar-refractivity contribution in [1.29, 1.82) is 0 Å². The van der Waals surface area contributed by atoms with Crippen molar-refractivity contribution in [3.05, 3.63) is 66.4 Å². The zero-order valence-electron chi connectivity index (χ0n) is 16.5. The smallest absolute Gasteiger partial charge is 0.387 e. The minimum absolute atomic E-state index is 0.0587. The fraction of sp³-hybridized carbons (Fsp3) is 0.227. The SMILES string of the molecule is O=C(Nc1ccc(OC(F)F)c2ncccc12)N1CCN(C(=O)c2ccccc2)CC1. The molecule has 7 nitrogen and oxygen atoms in total. The van der Waals surface area contributed by atoms with Crippen molar-refractivity contribution in [2.24, 2.45) is 0 Å². The average Bonchev–Trinajstić information content (AvgIpc) is 2.80. The summed E-state index contributed by atoms with van der Waals surface area (Å²) in [6.07, 6.45) is 1.47. The molecule has 1 aliphatic heterocycles. The summed E-state index contributed by atoms with van der Waals surface area (Å²) in [5.74, 6) is -0.121. The van der Waals surface area contributed by atoms with Gasteiger partial charge in [0.15, 0.2) is 5.75 Å². The van der Waals surface area contributed by atoms with E-state index in [1.807, 2.05) is 18.2 Å². The number of anilines is 1. The number of amides is 3. The summed E-state index contributed by atoms with van der Waals surface area (Å²) >= 11 is 0. The van der Waals surface area contributed by atoms with E-state index in [0.29, 0.717) is 42.8 Å². The van der Waals surface area contributed by atoms with Gasteiger partial charge >= 0.3 is 12.6 Å². The van der Waals surface area contributed by atoms with Gasteiger partial charge in [-0.2, -0.15) is 8.78 Å². The first-order chi connectivity index (χ1) is 15.0. The van der Waals surface area contributed by atoms with Gasteiger partial charge in [0.2, 0.25) is 0 Å². The third-order valence-electron chi connectivity index (χ3n) is 5.07. The molecule has 0 aliphatic carbocycles. The van der Waals surface area contributed by atoms with E-state index in [1.54, 1.807) is 34.1 Å². The Hall–Kier alpha value is -3.75. The van der Waals surface area contributed by atoms with E-state index in [4.69, 9.17) is 0 Å². The van der Waals surface area contributed by atoms with Crippen LogP contribution in [0, 0.1) is 0 Å². The molecule has 2 aromatic carbocycles. The van der Waals surface area contributed by atoms with E-state index in [1.165, 1.54) is 18.3 Å². The van der Waals surface area contributed by atoms with E-state index in [0.717, 1.165) is 0 Å². The lowest BCUT2D eigenvalue weighted by molar-refractivity contribution is -0.0489. The van der Waals surface area contributed by atoms with Crippen LogP contribution in [0.25, 0.3) is 10.9 Å². The van der Waals surface area contributed by atoms with E-state index in [-0.39, 0.29) is 23.2 Å². The maximum absolute atomic E-state index is 12.8. The molecule has 2 heterocycles. The lowest BCUT2D eigenvalue weighted by atomic mass is 10.1. The second-order valence-corrected chi connectivity index (χ2v) is 6.96. The molecule has 0 unspecified atom stereocenters. The van der Waals surface area contributed by atoms with Crippen molar-refractivity contribution in [2.75, 3.05) is 31.5 Å². The summed E-state index contributed by atoms with van der Waals surface area (Å²) < 4.78 is 29.8. The molecule has 1 aromatic heterocycles. The number of aromatic nitrogens is 1. The molecule has 1 N–H and O–H groups in total. The number of nitrogens with one attached hydrogen (secondary N) is 1. The maximum Gasteiger partial charge on any atom is 0.387 e. The van der Waals surface area contributed by atoms with Crippen molar-refractivity contribution in [3.63, 3.8) is 0 Å². The molecule has 0 atom stereocenters. The molecule has 9 heteroatoms. The van der Waals surface area contributed by atoms with Gasteiger partial charge in [0.25, 0.3) is 5.91 Å². The van der Waals surface area contributed by atoms with Crippen LogP contribution in [0.3, 0.4) is 0 Å². The predicted molar refractivity (Wildman–Crippen MR) is 111 cm³/mol. The van der Waals surface area contributed by atoms with Crippen molar-refractivity contribution in [2.45, 2.75) is 6.61 Å². The van der Waals surface area contributed by atoms with Crippen LogP contribution in [0.5, 0.6) is 5.75 Å². The van der Waals surface area contributed by atoms with Gasteiger partial charge in [-0.1, -0.05) is 18.2 Å². The number of hydrogen-bond acceptors (Lipinski definition) is 4. The molecular formula is C22H20F2N4O3.